The van der Waals surface area contributed by atoms with Gasteiger partial charge in [-0.25, -0.2) is 0 Å². The summed E-state index contributed by atoms with van der Waals surface area (Å²) < 4.78 is 0. The van der Waals surface area contributed by atoms with Crippen LogP contribution in [0.15, 0.2) is 42.0 Å². The van der Waals surface area contributed by atoms with E-state index in [4.69, 9.17) is 0 Å². The lowest BCUT2D eigenvalue weighted by atomic mass is 9.93. The summed E-state index contributed by atoms with van der Waals surface area (Å²) in [5, 5.41) is 12.6. The van der Waals surface area contributed by atoms with E-state index in [0.717, 1.165) is 30.4 Å². The highest BCUT2D eigenvalue weighted by molar-refractivity contribution is 5.93. The zero-order valence-electron chi connectivity index (χ0n) is 12.0. The van der Waals surface area contributed by atoms with Crippen LogP contribution in [0, 0.1) is 0 Å². The Bertz CT molecular complexity index is 465. The van der Waals surface area contributed by atoms with Crippen LogP contribution in [0.2, 0.25) is 0 Å². The van der Waals surface area contributed by atoms with Gasteiger partial charge in [-0.1, -0.05) is 36.4 Å². The smallest absolute Gasteiger partial charge is 0.246 e. The lowest BCUT2D eigenvalue weighted by Crippen LogP contribution is -2.30. The van der Waals surface area contributed by atoms with E-state index >= 15 is 0 Å². The van der Waals surface area contributed by atoms with Crippen molar-refractivity contribution in [1.82, 2.24) is 5.32 Å². The fourth-order valence-corrected chi connectivity index (χ4v) is 2.68. The van der Waals surface area contributed by atoms with E-state index in [1.807, 2.05) is 36.4 Å². The third kappa shape index (κ3) is 4.20. The van der Waals surface area contributed by atoms with Gasteiger partial charge in [0.2, 0.25) is 5.91 Å². The van der Waals surface area contributed by atoms with Crippen LogP contribution < -0.4 is 5.32 Å². The Morgan fingerprint density at radius 2 is 2.10 bits per heavy atom. The molecule has 0 saturated carbocycles. The van der Waals surface area contributed by atoms with Gasteiger partial charge in [-0.3, -0.25) is 4.79 Å². The van der Waals surface area contributed by atoms with Crippen molar-refractivity contribution in [1.29, 1.82) is 0 Å². The largest absolute Gasteiger partial charge is 0.393 e. The van der Waals surface area contributed by atoms with Gasteiger partial charge in [-0.15, -0.1) is 0 Å². The summed E-state index contributed by atoms with van der Waals surface area (Å²) >= 11 is 0. The monoisotopic (exact) mass is 273 g/mol. The van der Waals surface area contributed by atoms with Crippen LogP contribution >= 0.6 is 0 Å². The van der Waals surface area contributed by atoms with Crippen LogP contribution in [0.5, 0.6) is 0 Å². The number of hydrogen-bond acceptors (Lipinski definition) is 2. The number of hydrogen-bond donors (Lipinski definition) is 2. The molecule has 0 saturated heterocycles. The number of allylic oxidation sites excluding steroid dienone is 1. The van der Waals surface area contributed by atoms with Crippen molar-refractivity contribution in [2.45, 2.75) is 44.6 Å². The standard InChI is InChI=1S/C17H23NO2/c1-13(19)11-16(14-7-3-2-4-8-14)12-18-17(20)15-9-5-6-10-15/h2-4,7-9,13,16,19H,5-6,10-12H2,1H3,(H,18,20). The summed E-state index contributed by atoms with van der Waals surface area (Å²) in [6.07, 6.45) is 5.29. The highest BCUT2D eigenvalue weighted by atomic mass is 16.3. The van der Waals surface area contributed by atoms with Crippen LogP contribution in [0.1, 0.15) is 44.1 Å². The minimum Gasteiger partial charge on any atom is -0.393 e. The maximum Gasteiger partial charge on any atom is 0.246 e. The first-order valence-electron chi connectivity index (χ1n) is 7.37. The van der Waals surface area contributed by atoms with Crippen LogP contribution in [0.4, 0.5) is 0 Å². The molecule has 2 N–H and O–H groups in total. The Labute approximate surface area is 120 Å². The minimum absolute atomic E-state index is 0.0500. The quantitative estimate of drug-likeness (QED) is 0.837. The zero-order valence-corrected chi connectivity index (χ0v) is 12.0. The molecule has 0 aromatic heterocycles. The average molecular weight is 273 g/mol. The molecular formula is C17H23NO2. The number of aliphatic hydroxyl groups is 1. The van der Waals surface area contributed by atoms with Crippen molar-refractivity contribution in [2.24, 2.45) is 0 Å². The Hall–Kier alpha value is -1.61. The van der Waals surface area contributed by atoms with Gasteiger partial charge < -0.3 is 10.4 Å². The first kappa shape index (κ1) is 14.8. The van der Waals surface area contributed by atoms with Crippen molar-refractivity contribution in [3.63, 3.8) is 0 Å². The summed E-state index contributed by atoms with van der Waals surface area (Å²) in [7, 11) is 0. The highest BCUT2D eigenvalue weighted by Crippen LogP contribution is 2.22. The predicted molar refractivity (Wildman–Crippen MR) is 80.4 cm³/mol. The molecule has 2 atom stereocenters. The fraction of sp³-hybridized carbons (Fsp3) is 0.471. The molecule has 2 unspecified atom stereocenters. The molecule has 20 heavy (non-hydrogen) atoms. The van der Waals surface area contributed by atoms with E-state index in [-0.39, 0.29) is 17.9 Å². The van der Waals surface area contributed by atoms with Gasteiger partial charge in [0.25, 0.3) is 0 Å². The predicted octanol–water partition coefficient (Wildman–Crippen LogP) is 2.77. The van der Waals surface area contributed by atoms with Gasteiger partial charge in [-0.05, 0) is 38.2 Å². The summed E-state index contributed by atoms with van der Waals surface area (Å²) in [5.41, 5.74) is 2.07. The number of benzene rings is 1. The number of amides is 1. The fourth-order valence-electron chi connectivity index (χ4n) is 2.68. The van der Waals surface area contributed by atoms with Crippen molar-refractivity contribution >= 4 is 5.91 Å². The molecule has 2 rings (SSSR count). The molecule has 3 nitrogen and oxygen atoms in total. The van der Waals surface area contributed by atoms with Gasteiger partial charge >= 0.3 is 0 Å². The van der Waals surface area contributed by atoms with Gasteiger partial charge in [0.05, 0.1) is 6.10 Å². The highest BCUT2D eigenvalue weighted by Gasteiger charge is 2.17. The molecule has 0 spiro atoms. The molecule has 3 heteroatoms. The first-order valence-corrected chi connectivity index (χ1v) is 7.37. The molecule has 1 aromatic rings. The van der Waals surface area contributed by atoms with E-state index in [9.17, 15) is 9.90 Å². The molecule has 0 aliphatic heterocycles. The maximum absolute atomic E-state index is 12.0. The molecule has 0 fully saturated rings. The Morgan fingerprint density at radius 1 is 1.35 bits per heavy atom. The summed E-state index contributed by atoms with van der Waals surface area (Å²) in [5.74, 6) is 0.205. The normalized spacial score (nSPS) is 17.4. The number of aliphatic hydroxyl groups excluding tert-OH is 1. The number of rotatable bonds is 6. The lowest BCUT2D eigenvalue weighted by Gasteiger charge is -2.20. The van der Waals surface area contributed by atoms with E-state index in [1.54, 1.807) is 6.92 Å². The molecule has 1 aromatic carbocycles. The Balaban J connectivity index is 1.96. The zero-order chi connectivity index (χ0) is 14.4. The molecule has 108 valence electrons. The number of nitrogens with one attached hydrogen (secondary N) is 1. The van der Waals surface area contributed by atoms with Gasteiger partial charge in [-0.2, -0.15) is 0 Å². The van der Waals surface area contributed by atoms with E-state index in [0.29, 0.717) is 13.0 Å². The van der Waals surface area contributed by atoms with Crippen LogP contribution in [-0.2, 0) is 4.79 Å². The SMILES string of the molecule is CC(O)CC(CNC(=O)C1=CCCC1)c1ccccc1. The second-order valence-corrected chi connectivity index (χ2v) is 5.52. The molecule has 0 bridgehead atoms. The van der Waals surface area contributed by atoms with Crippen LogP contribution in [0.25, 0.3) is 0 Å². The molecule has 1 aliphatic carbocycles. The maximum atomic E-state index is 12.0. The number of carbonyl (C=O) groups excluding carboxylic acids is 1. The van der Waals surface area contributed by atoms with Crippen LogP contribution in [-0.4, -0.2) is 23.7 Å². The topological polar surface area (TPSA) is 49.3 Å². The van der Waals surface area contributed by atoms with Crippen molar-refractivity contribution < 1.29 is 9.90 Å². The Morgan fingerprint density at radius 3 is 2.70 bits per heavy atom. The van der Waals surface area contributed by atoms with Crippen molar-refractivity contribution in [3.05, 3.63) is 47.5 Å². The van der Waals surface area contributed by atoms with Crippen molar-refractivity contribution in [3.8, 4) is 0 Å². The first-order chi connectivity index (χ1) is 9.66. The molecule has 0 heterocycles. The molecular weight excluding hydrogens is 250 g/mol. The lowest BCUT2D eigenvalue weighted by molar-refractivity contribution is -0.117. The second kappa shape index (κ2) is 7.25. The van der Waals surface area contributed by atoms with Crippen LogP contribution in [0.3, 0.4) is 0 Å². The van der Waals surface area contributed by atoms with Crippen molar-refractivity contribution in [2.75, 3.05) is 6.54 Å². The van der Waals surface area contributed by atoms with E-state index in [2.05, 4.69) is 5.32 Å². The van der Waals surface area contributed by atoms with E-state index < -0.39 is 0 Å². The van der Waals surface area contributed by atoms with Gasteiger partial charge in [0.1, 0.15) is 0 Å². The average Bonchev–Trinajstić information content (AvgIpc) is 2.98. The summed E-state index contributed by atoms with van der Waals surface area (Å²) in [4.78, 5) is 12.0. The third-order valence-electron chi connectivity index (χ3n) is 3.74. The third-order valence-corrected chi connectivity index (χ3v) is 3.74. The Kier molecular flexibility index (Phi) is 5.36. The summed E-state index contributed by atoms with van der Waals surface area (Å²) in [6.45, 7) is 2.36. The number of carbonyl (C=O) groups is 1. The summed E-state index contributed by atoms with van der Waals surface area (Å²) in [6, 6.07) is 10.1. The second-order valence-electron chi connectivity index (χ2n) is 5.52. The van der Waals surface area contributed by atoms with E-state index in [1.165, 1.54) is 0 Å². The van der Waals surface area contributed by atoms with Gasteiger partial charge in [0.15, 0.2) is 0 Å². The van der Waals surface area contributed by atoms with Gasteiger partial charge in [0, 0.05) is 18.0 Å². The molecule has 1 aliphatic rings. The molecule has 1 amide bonds. The minimum atomic E-state index is -0.372. The molecule has 0 radical (unpaired) electrons.